The highest BCUT2D eigenvalue weighted by Gasteiger charge is 2.26. The Hall–Kier alpha value is -5.99. The van der Waals surface area contributed by atoms with Crippen molar-refractivity contribution in [3.63, 3.8) is 0 Å². The number of nitrogens with zero attached hydrogens (tertiary/aromatic N) is 6. The van der Waals surface area contributed by atoms with Crippen molar-refractivity contribution >= 4 is 66.9 Å². The number of anilines is 3. The van der Waals surface area contributed by atoms with E-state index < -0.39 is 27.8 Å². The third kappa shape index (κ3) is 12.1. The fourth-order valence-corrected chi connectivity index (χ4v) is 7.31. The van der Waals surface area contributed by atoms with E-state index in [1.54, 1.807) is 56.6 Å². The maximum absolute atomic E-state index is 14.7. The Morgan fingerprint density at radius 2 is 1.81 bits per heavy atom. The lowest BCUT2D eigenvalue weighted by molar-refractivity contribution is -0.110. The van der Waals surface area contributed by atoms with Crippen molar-refractivity contribution in [2.75, 3.05) is 67.3 Å². The summed E-state index contributed by atoms with van der Waals surface area (Å²) in [5.74, 6) is -0.0915. The van der Waals surface area contributed by atoms with Crippen LogP contribution in [0, 0.1) is 32.1 Å². The molecular weight excluding hydrogens is 830 g/mol. The summed E-state index contributed by atoms with van der Waals surface area (Å²) in [5.41, 5.74) is 4.42. The van der Waals surface area contributed by atoms with E-state index in [2.05, 4.69) is 34.4 Å². The molecule has 1 aromatic heterocycles. The number of benzene rings is 4. The number of amides is 1. The molecule has 1 heterocycles. The molecule has 0 aliphatic rings. The van der Waals surface area contributed by atoms with E-state index in [9.17, 15) is 23.3 Å². The van der Waals surface area contributed by atoms with E-state index in [1.807, 2.05) is 56.9 Å². The first-order valence-electron chi connectivity index (χ1n) is 20.3. The second-order valence-electron chi connectivity index (χ2n) is 15.0. The summed E-state index contributed by atoms with van der Waals surface area (Å²) >= 11 is 6.69. The molecule has 0 bridgehead atoms. The molecule has 1 amide bonds. The molecule has 3 N–H and O–H groups in total. The summed E-state index contributed by atoms with van der Waals surface area (Å²) < 4.78 is 39.5. The van der Waals surface area contributed by atoms with Gasteiger partial charge >= 0.3 is 0 Å². The maximum atomic E-state index is 14.7. The normalized spacial score (nSPS) is 12.2. The number of sulfonamides is 1. The summed E-state index contributed by atoms with van der Waals surface area (Å²) in [6, 6.07) is 23.3. The minimum Gasteiger partial charge on any atom is -0.465 e. The molecule has 0 saturated heterocycles. The SMILES string of the molecule is CCCCC(OCNc1ccc(Cl)c(NC(=O)C(=Nc2ccc(N(CC)CCNS(C)(=O)=O)cc2C)c2nc3c(C#N)cccc3c(=O)n2N(C)C)c1)Oc1ccc(C)cc1C. The van der Waals surface area contributed by atoms with E-state index in [0.29, 0.717) is 36.4 Å². The monoisotopic (exact) mass is 883 g/mol. The van der Waals surface area contributed by atoms with Gasteiger partial charge < -0.3 is 30.0 Å². The van der Waals surface area contributed by atoms with Crippen LogP contribution in [0.25, 0.3) is 10.9 Å². The zero-order chi connectivity index (χ0) is 45.1. The third-order valence-corrected chi connectivity index (χ3v) is 10.9. The van der Waals surface area contributed by atoms with Crippen molar-refractivity contribution in [1.82, 2.24) is 14.4 Å². The van der Waals surface area contributed by atoms with Crippen molar-refractivity contribution in [1.29, 1.82) is 5.26 Å². The summed E-state index contributed by atoms with van der Waals surface area (Å²) in [6.07, 6.45) is 3.19. The van der Waals surface area contributed by atoms with Gasteiger partial charge in [0.1, 0.15) is 18.5 Å². The highest BCUT2D eigenvalue weighted by molar-refractivity contribution is 7.88. The number of carbonyl (C=O) groups excluding carboxylic acids is 1. The summed E-state index contributed by atoms with van der Waals surface area (Å²) in [7, 11) is -0.0948. The van der Waals surface area contributed by atoms with Crippen LogP contribution in [-0.4, -0.2) is 82.7 Å². The number of halogens is 1. The van der Waals surface area contributed by atoms with Crippen LogP contribution in [0.1, 0.15) is 61.2 Å². The number of likely N-dealkylation sites (N-methyl/N-ethyl adjacent to an activating group) is 1. The minimum absolute atomic E-state index is 0.0946. The van der Waals surface area contributed by atoms with Gasteiger partial charge in [-0.3, -0.25) is 9.59 Å². The van der Waals surface area contributed by atoms with Gasteiger partial charge in [-0.2, -0.15) is 5.26 Å². The average Bonchev–Trinajstić information content (AvgIpc) is 3.22. The molecule has 0 fully saturated rings. The standard InChI is InChI=1S/C45H54ClN9O6S/c1-9-11-15-40(61-39-21-16-29(3)24-31(39)5)60-28-48-33-17-19-36(46)38(26-33)51-44(56)42(43-52-41-32(27-47)13-12-14-35(41)45(57)55(43)53(6)7)50-37-20-18-34(25-30(37)4)54(10-2)23-22-49-62(8,58)59/h12-14,16-21,24-26,40,48-49H,9-11,15,22-23,28H2,1-8H3,(H,51,56). The lowest BCUT2D eigenvalue weighted by Gasteiger charge is -2.24. The van der Waals surface area contributed by atoms with E-state index >= 15 is 0 Å². The zero-order valence-corrected chi connectivity index (χ0v) is 37.9. The van der Waals surface area contributed by atoms with Gasteiger partial charge in [0.15, 0.2) is 11.5 Å². The fraction of sp³-hybridized carbons (Fsp3) is 0.356. The van der Waals surface area contributed by atoms with Crippen LogP contribution >= 0.6 is 11.6 Å². The molecular formula is C45H54ClN9O6S. The van der Waals surface area contributed by atoms with Crippen LogP contribution in [0.15, 0.2) is 82.6 Å². The van der Waals surface area contributed by atoms with Crippen molar-refractivity contribution < 1.29 is 22.7 Å². The second kappa shape index (κ2) is 21.2. The quantitative estimate of drug-likeness (QED) is 0.0533. The minimum atomic E-state index is -3.36. The number of nitrogens with one attached hydrogen (secondary N) is 3. The van der Waals surface area contributed by atoms with Gasteiger partial charge in [0.25, 0.3) is 11.5 Å². The predicted molar refractivity (Wildman–Crippen MR) is 248 cm³/mol. The Morgan fingerprint density at radius 3 is 2.47 bits per heavy atom. The molecule has 0 aliphatic heterocycles. The first kappa shape index (κ1) is 47.1. The number of nitriles is 1. The first-order valence-corrected chi connectivity index (χ1v) is 22.5. The average molecular weight is 885 g/mol. The second-order valence-corrected chi connectivity index (χ2v) is 17.2. The van der Waals surface area contributed by atoms with Crippen molar-refractivity contribution in [2.24, 2.45) is 4.99 Å². The van der Waals surface area contributed by atoms with Crippen LogP contribution in [-0.2, 0) is 19.6 Å². The Balaban J connectivity index is 1.50. The maximum Gasteiger partial charge on any atom is 0.280 e. The van der Waals surface area contributed by atoms with Crippen LogP contribution < -0.4 is 35.6 Å². The summed E-state index contributed by atoms with van der Waals surface area (Å²) in [5, 5.41) is 18.0. The number of aliphatic imine (C=N–C) groups is 1. The topological polar surface area (TPSA) is 183 Å². The molecule has 62 heavy (non-hydrogen) atoms. The summed E-state index contributed by atoms with van der Waals surface area (Å²) in [6.45, 7) is 11.2. The van der Waals surface area contributed by atoms with Crippen LogP contribution in [0.4, 0.5) is 22.7 Å². The predicted octanol–water partition coefficient (Wildman–Crippen LogP) is 7.16. The van der Waals surface area contributed by atoms with Gasteiger partial charge in [-0.25, -0.2) is 27.8 Å². The number of fused-ring (bicyclic) bond motifs is 1. The number of rotatable bonds is 20. The van der Waals surface area contributed by atoms with Gasteiger partial charge in [0, 0.05) is 51.5 Å². The smallest absolute Gasteiger partial charge is 0.280 e. The van der Waals surface area contributed by atoms with Crippen molar-refractivity contribution in [3.8, 4) is 11.8 Å². The van der Waals surface area contributed by atoms with Gasteiger partial charge in [-0.15, -0.1) is 0 Å². The number of ether oxygens (including phenoxy) is 2. The molecule has 328 valence electrons. The lowest BCUT2D eigenvalue weighted by Crippen LogP contribution is -2.42. The Morgan fingerprint density at radius 1 is 1.03 bits per heavy atom. The van der Waals surface area contributed by atoms with Crippen LogP contribution in [0.2, 0.25) is 5.02 Å². The number of hydrogen-bond donors (Lipinski definition) is 3. The third-order valence-electron chi connectivity index (χ3n) is 9.87. The Kier molecular flexibility index (Phi) is 16.1. The molecule has 17 heteroatoms. The molecule has 0 aliphatic carbocycles. The molecule has 1 unspecified atom stereocenters. The molecule has 15 nitrogen and oxygen atoms in total. The fourth-order valence-electron chi connectivity index (χ4n) is 6.69. The molecule has 0 spiro atoms. The van der Waals surface area contributed by atoms with Crippen LogP contribution in [0.5, 0.6) is 5.75 Å². The Bertz CT molecular complexity index is 2660. The highest BCUT2D eigenvalue weighted by atomic mass is 35.5. The number of unbranched alkanes of at least 4 members (excludes halogenated alkanes) is 1. The van der Waals surface area contributed by atoms with Gasteiger partial charge in [-0.05, 0) is 99.8 Å². The number of carbonyl (C=O) groups is 1. The van der Waals surface area contributed by atoms with Crippen LogP contribution in [0.3, 0.4) is 0 Å². The van der Waals surface area contributed by atoms with E-state index in [0.717, 1.165) is 41.7 Å². The number of hydrogen-bond acceptors (Lipinski definition) is 12. The van der Waals surface area contributed by atoms with Gasteiger partial charge in [0.05, 0.1) is 39.1 Å². The molecule has 5 rings (SSSR count). The van der Waals surface area contributed by atoms with Gasteiger partial charge in [0.2, 0.25) is 16.3 Å². The van der Waals surface area contributed by atoms with Crippen molar-refractivity contribution in [2.45, 2.75) is 60.2 Å². The van der Waals surface area contributed by atoms with Crippen molar-refractivity contribution in [3.05, 3.63) is 116 Å². The number of aryl methyl sites for hydroxylation is 3. The molecule has 0 saturated carbocycles. The summed E-state index contributed by atoms with van der Waals surface area (Å²) in [4.78, 5) is 40.3. The van der Waals surface area contributed by atoms with E-state index in [-0.39, 0.29) is 52.0 Å². The highest BCUT2D eigenvalue weighted by Crippen LogP contribution is 2.29. The first-order chi connectivity index (χ1) is 29.5. The van der Waals surface area contributed by atoms with E-state index in [4.69, 9.17) is 31.1 Å². The molecule has 1 atom stereocenters. The molecule has 5 aromatic rings. The Labute approximate surface area is 368 Å². The van der Waals surface area contributed by atoms with Gasteiger partial charge in [-0.1, -0.05) is 48.7 Å². The molecule has 0 radical (unpaired) electrons. The van der Waals surface area contributed by atoms with E-state index in [1.165, 1.54) is 9.69 Å². The molecule has 4 aromatic carbocycles. The zero-order valence-electron chi connectivity index (χ0n) is 36.4. The lowest BCUT2D eigenvalue weighted by atomic mass is 10.1. The number of aromatic nitrogens is 2. The largest absolute Gasteiger partial charge is 0.465 e. The number of para-hydroxylation sites is 1.